The lowest BCUT2D eigenvalue weighted by molar-refractivity contribution is -0.140. The monoisotopic (exact) mass is 530 g/mol. The zero-order valence-corrected chi connectivity index (χ0v) is 22.6. The third-order valence-electron chi connectivity index (χ3n) is 6.57. The van der Waals surface area contributed by atoms with E-state index in [4.69, 9.17) is 13.9 Å². The molecule has 1 aromatic heterocycles. The summed E-state index contributed by atoms with van der Waals surface area (Å²) < 4.78 is 17.1. The van der Waals surface area contributed by atoms with E-state index < -0.39 is 11.9 Å². The number of furan rings is 1. The predicted molar refractivity (Wildman–Crippen MR) is 146 cm³/mol. The van der Waals surface area contributed by atoms with E-state index in [1.54, 1.807) is 26.0 Å². The molecule has 1 N–H and O–H groups in total. The first-order valence-corrected chi connectivity index (χ1v) is 13.3. The molecular weight excluding hydrogens is 496 g/mol. The number of nitrogens with one attached hydrogen (secondary N) is 1. The summed E-state index contributed by atoms with van der Waals surface area (Å²) in [7, 11) is 0. The van der Waals surface area contributed by atoms with Gasteiger partial charge in [0, 0.05) is 24.6 Å². The molecule has 1 atom stereocenters. The van der Waals surface area contributed by atoms with Crippen LogP contribution in [0, 0.1) is 0 Å². The first kappa shape index (κ1) is 27.7. The molecule has 8 heteroatoms. The highest BCUT2D eigenvalue weighted by Gasteiger charge is 2.37. The van der Waals surface area contributed by atoms with Gasteiger partial charge in [-0.1, -0.05) is 43.7 Å². The van der Waals surface area contributed by atoms with Crippen LogP contribution in [0.25, 0.3) is 0 Å². The molecule has 1 aliphatic rings. The zero-order valence-electron chi connectivity index (χ0n) is 22.6. The molecule has 0 spiro atoms. The van der Waals surface area contributed by atoms with Gasteiger partial charge in [0.1, 0.15) is 17.3 Å². The van der Waals surface area contributed by atoms with E-state index in [0.29, 0.717) is 35.1 Å². The second-order valence-corrected chi connectivity index (χ2v) is 9.32. The smallest absolute Gasteiger partial charge is 0.336 e. The third kappa shape index (κ3) is 6.76. The number of ether oxygens (including phenoxy) is 2. The Bertz CT molecular complexity index is 1340. The number of carbonyl (C=O) groups excluding carboxylic acids is 3. The van der Waals surface area contributed by atoms with E-state index >= 15 is 0 Å². The van der Waals surface area contributed by atoms with Gasteiger partial charge < -0.3 is 24.1 Å². The number of allylic oxidation sites excluding steroid dienone is 1. The van der Waals surface area contributed by atoms with Crippen LogP contribution < -0.4 is 10.1 Å². The van der Waals surface area contributed by atoms with Crippen molar-refractivity contribution in [2.24, 2.45) is 0 Å². The summed E-state index contributed by atoms with van der Waals surface area (Å²) in [5.74, 6) is 0.506. The Morgan fingerprint density at radius 1 is 1.03 bits per heavy atom. The van der Waals surface area contributed by atoms with Gasteiger partial charge in [0.2, 0.25) is 5.91 Å². The topological polar surface area (TPSA) is 98.1 Å². The second kappa shape index (κ2) is 13.0. The molecule has 39 heavy (non-hydrogen) atoms. The first-order chi connectivity index (χ1) is 18.9. The predicted octanol–water partition coefficient (Wildman–Crippen LogP) is 5.96. The minimum Gasteiger partial charge on any atom is -0.463 e. The van der Waals surface area contributed by atoms with Gasteiger partial charge in [-0.3, -0.25) is 9.59 Å². The van der Waals surface area contributed by atoms with E-state index in [1.807, 2.05) is 61.5 Å². The summed E-state index contributed by atoms with van der Waals surface area (Å²) in [6, 6.07) is 20.1. The Kier molecular flexibility index (Phi) is 9.20. The molecule has 0 radical (unpaired) electrons. The highest BCUT2D eigenvalue weighted by Crippen LogP contribution is 2.39. The largest absolute Gasteiger partial charge is 0.463 e. The van der Waals surface area contributed by atoms with E-state index in [2.05, 4.69) is 5.32 Å². The molecular formula is C31H34N2O6. The number of carbonyl (C=O) groups is 3. The maximum atomic E-state index is 13.4. The fourth-order valence-electron chi connectivity index (χ4n) is 4.59. The van der Waals surface area contributed by atoms with Gasteiger partial charge in [-0.15, -0.1) is 0 Å². The highest BCUT2D eigenvalue weighted by atomic mass is 16.5. The lowest BCUT2D eigenvalue weighted by atomic mass is 9.83. The van der Waals surface area contributed by atoms with Crippen LogP contribution in [-0.4, -0.2) is 35.8 Å². The van der Waals surface area contributed by atoms with Gasteiger partial charge in [-0.2, -0.15) is 0 Å². The maximum absolute atomic E-state index is 13.4. The van der Waals surface area contributed by atoms with Crippen molar-refractivity contribution in [2.45, 2.75) is 52.5 Å². The average Bonchev–Trinajstić information content (AvgIpc) is 3.40. The lowest BCUT2D eigenvalue weighted by Gasteiger charge is -2.34. The standard InChI is InChI=1S/C31H34N2O6/c1-4-6-17-32-30(35)27-16-15-25(39-27)20-33-21(3)29(31(36)37-5-2)26(19-28(33)34)22-11-10-14-24(18-22)38-23-12-8-7-9-13-23/h7-16,18,26H,4-6,17,19-20H2,1-3H3,(H,32,35). The molecule has 0 bridgehead atoms. The van der Waals surface area contributed by atoms with Crippen LogP contribution in [0.4, 0.5) is 0 Å². The van der Waals surface area contributed by atoms with Crippen molar-refractivity contribution in [3.8, 4) is 11.5 Å². The van der Waals surface area contributed by atoms with Gasteiger partial charge >= 0.3 is 5.97 Å². The van der Waals surface area contributed by atoms with Crippen LogP contribution in [0.15, 0.2) is 82.4 Å². The summed E-state index contributed by atoms with van der Waals surface area (Å²) in [6.45, 7) is 6.41. The Morgan fingerprint density at radius 3 is 2.54 bits per heavy atom. The molecule has 0 saturated carbocycles. The van der Waals surface area contributed by atoms with Crippen molar-refractivity contribution in [1.29, 1.82) is 0 Å². The number of rotatable bonds is 11. The quantitative estimate of drug-likeness (QED) is 0.243. The number of benzene rings is 2. The number of hydrogen-bond acceptors (Lipinski definition) is 6. The number of nitrogens with zero attached hydrogens (tertiary/aromatic N) is 1. The molecule has 4 rings (SSSR count). The molecule has 8 nitrogen and oxygen atoms in total. The molecule has 2 amide bonds. The summed E-state index contributed by atoms with van der Waals surface area (Å²) >= 11 is 0. The fourth-order valence-corrected chi connectivity index (χ4v) is 4.59. The third-order valence-corrected chi connectivity index (χ3v) is 6.57. The summed E-state index contributed by atoms with van der Waals surface area (Å²) in [5, 5.41) is 2.82. The minimum absolute atomic E-state index is 0.0747. The molecule has 0 aliphatic carbocycles. The van der Waals surface area contributed by atoms with Crippen molar-refractivity contribution < 1.29 is 28.3 Å². The van der Waals surface area contributed by atoms with Crippen LogP contribution in [0.5, 0.6) is 11.5 Å². The molecule has 3 aromatic rings. The van der Waals surface area contributed by atoms with Crippen molar-refractivity contribution in [3.05, 3.63) is 95.1 Å². The molecule has 204 valence electrons. The highest BCUT2D eigenvalue weighted by molar-refractivity contribution is 5.96. The van der Waals surface area contributed by atoms with Crippen molar-refractivity contribution in [3.63, 3.8) is 0 Å². The summed E-state index contributed by atoms with van der Waals surface area (Å²) in [4.78, 5) is 40.4. The van der Waals surface area contributed by atoms with E-state index in [1.165, 1.54) is 4.90 Å². The Labute approximate surface area is 228 Å². The van der Waals surface area contributed by atoms with Crippen LogP contribution in [-0.2, 0) is 20.9 Å². The van der Waals surface area contributed by atoms with Crippen molar-refractivity contribution in [2.75, 3.05) is 13.2 Å². The number of para-hydroxylation sites is 1. The lowest BCUT2D eigenvalue weighted by Crippen LogP contribution is -2.38. The van der Waals surface area contributed by atoms with Gasteiger partial charge in [0.15, 0.2) is 5.76 Å². The van der Waals surface area contributed by atoms with Crippen molar-refractivity contribution in [1.82, 2.24) is 10.2 Å². The fraction of sp³-hybridized carbons (Fsp3) is 0.323. The number of amides is 2. The van der Waals surface area contributed by atoms with Crippen LogP contribution in [0.3, 0.4) is 0 Å². The SMILES string of the molecule is CCCCNC(=O)c1ccc(CN2C(=O)CC(c3cccc(Oc4ccccc4)c3)C(C(=O)OCC)=C2C)o1. The second-order valence-electron chi connectivity index (χ2n) is 9.32. The first-order valence-electron chi connectivity index (χ1n) is 13.3. The van der Waals surface area contributed by atoms with Crippen LogP contribution >= 0.6 is 0 Å². The molecule has 2 aromatic carbocycles. The molecule has 0 fully saturated rings. The molecule has 1 unspecified atom stereocenters. The Morgan fingerprint density at radius 2 is 1.79 bits per heavy atom. The van der Waals surface area contributed by atoms with Gasteiger partial charge in [-0.25, -0.2) is 4.79 Å². The molecule has 0 saturated heterocycles. The van der Waals surface area contributed by atoms with E-state index in [-0.39, 0.29) is 37.1 Å². The van der Waals surface area contributed by atoms with Crippen LogP contribution in [0.2, 0.25) is 0 Å². The number of esters is 1. The maximum Gasteiger partial charge on any atom is 0.336 e. The van der Waals surface area contributed by atoms with Gasteiger partial charge in [0.05, 0.1) is 18.7 Å². The summed E-state index contributed by atoms with van der Waals surface area (Å²) in [5.41, 5.74) is 1.69. The van der Waals surface area contributed by atoms with Crippen LogP contribution in [0.1, 0.15) is 67.8 Å². The molecule has 1 aliphatic heterocycles. The van der Waals surface area contributed by atoms with E-state index in [0.717, 1.165) is 18.4 Å². The molecule has 2 heterocycles. The zero-order chi connectivity index (χ0) is 27.8. The van der Waals surface area contributed by atoms with Crippen molar-refractivity contribution >= 4 is 17.8 Å². The van der Waals surface area contributed by atoms with Gasteiger partial charge in [0.25, 0.3) is 5.91 Å². The average molecular weight is 531 g/mol. The normalized spacial score (nSPS) is 15.3. The van der Waals surface area contributed by atoms with Gasteiger partial charge in [-0.05, 0) is 62.2 Å². The number of hydrogen-bond donors (Lipinski definition) is 1. The Balaban J connectivity index is 1.60. The Hall–Kier alpha value is -4.33. The minimum atomic E-state index is -0.497. The van der Waals surface area contributed by atoms with E-state index in [9.17, 15) is 14.4 Å². The number of unbranched alkanes of at least 4 members (excludes halogenated alkanes) is 1. The summed E-state index contributed by atoms with van der Waals surface area (Å²) in [6.07, 6.45) is 1.93.